The highest BCUT2D eigenvalue weighted by Gasteiger charge is 2.25. The van der Waals surface area contributed by atoms with Gasteiger partial charge < -0.3 is 20.1 Å². The van der Waals surface area contributed by atoms with Crippen LogP contribution in [0.1, 0.15) is 71.6 Å². The molecule has 0 aliphatic carbocycles. The Hall–Kier alpha value is -2.29. The van der Waals surface area contributed by atoms with Crippen LogP contribution in [-0.4, -0.2) is 49.3 Å². The van der Waals surface area contributed by atoms with E-state index in [0.717, 1.165) is 32.1 Å². The minimum absolute atomic E-state index is 0.00179. The Morgan fingerprint density at radius 1 is 0.816 bits per heavy atom. The first-order chi connectivity index (χ1) is 18.3. The molecule has 0 bridgehead atoms. The summed E-state index contributed by atoms with van der Waals surface area (Å²) in [6, 6.07) is 0. The molecule has 0 rings (SSSR count). The number of unbranched alkanes of at least 4 members (excludes halogenated alkanes) is 2. The molecule has 3 N–H and O–H groups in total. The summed E-state index contributed by atoms with van der Waals surface area (Å²) in [5.41, 5.74) is 5.27. The number of phosphoric acid groups is 1. The molecule has 38 heavy (non-hydrogen) atoms. The maximum Gasteiger partial charge on any atom is 0.472 e. The number of hydrogen-bond donors (Lipinski definition) is 2. The van der Waals surface area contributed by atoms with Crippen molar-refractivity contribution in [3.8, 4) is 0 Å². The Labute approximate surface area is 228 Å². The molecule has 10 heteroatoms. The first-order valence-corrected chi connectivity index (χ1v) is 14.8. The molecule has 0 aromatic carbocycles. The van der Waals surface area contributed by atoms with Crippen molar-refractivity contribution in [2.75, 3.05) is 26.4 Å². The average Bonchev–Trinajstić information content (AvgIpc) is 2.89. The summed E-state index contributed by atoms with van der Waals surface area (Å²) >= 11 is 0. The van der Waals surface area contributed by atoms with Crippen LogP contribution in [0.15, 0.2) is 60.8 Å². The molecule has 0 spiro atoms. The number of phosphoric ester groups is 1. The fourth-order valence-corrected chi connectivity index (χ4v) is 3.52. The van der Waals surface area contributed by atoms with Gasteiger partial charge in [-0.3, -0.25) is 18.6 Å². The first-order valence-electron chi connectivity index (χ1n) is 13.3. The standard InChI is InChI=1S/C28H46NO8P/c1-3-5-7-9-11-13-15-16-18-20-27(30)34-24-26(25-36-38(32,33)35-23-22-29)37-28(31)21-19-17-14-12-10-8-6-4-2/h5,7,10-13,16-19,26H,3-4,6,8-9,14-15,20-25,29H2,1-2H3,(H,32,33)/t26-/m1/s1. The van der Waals surface area contributed by atoms with E-state index in [4.69, 9.17) is 19.7 Å². The summed E-state index contributed by atoms with van der Waals surface area (Å²) < 4.78 is 32.0. The van der Waals surface area contributed by atoms with Gasteiger partial charge in [-0.15, -0.1) is 0 Å². The second-order valence-corrected chi connectivity index (χ2v) is 9.66. The topological polar surface area (TPSA) is 134 Å². The van der Waals surface area contributed by atoms with Crippen LogP contribution in [0.3, 0.4) is 0 Å². The van der Waals surface area contributed by atoms with Gasteiger partial charge in [0.25, 0.3) is 0 Å². The SMILES string of the molecule is CCC=CCC=CCC=CCC(=O)OC[C@H](COP(=O)(O)OCCN)OC(=O)CC=CCC=CCCCC. The molecule has 9 nitrogen and oxygen atoms in total. The summed E-state index contributed by atoms with van der Waals surface area (Å²) in [6.07, 6.45) is 25.0. The molecule has 216 valence electrons. The minimum atomic E-state index is -4.39. The number of carbonyl (C=O) groups is 2. The highest BCUT2D eigenvalue weighted by Crippen LogP contribution is 2.43. The van der Waals surface area contributed by atoms with E-state index in [-0.39, 0.29) is 32.6 Å². The molecular weight excluding hydrogens is 509 g/mol. The number of hydrogen-bond acceptors (Lipinski definition) is 8. The normalized spacial score (nSPS) is 14.7. The Balaban J connectivity index is 4.67. The average molecular weight is 556 g/mol. The lowest BCUT2D eigenvalue weighted by molar-refractivity contribution is -0.160. The van der Waals surface area contributed by atoms with E-state index in [9.17, 15) is 19.0 Å². The van der Waals surface area contributed by atoms with Crippen molar-refractivity contribution in [2.24, 2.45) is 5.73 Å². The van der Waals surface area contributed by atoms with Crippen LogP contribution in [0.5, 0.6) is 0 Å². The predicted octanol–water partition coefficient (Wildman–Crippen LogP) is 5.87. The quantitative estimate of drug-likeness (QED) is 0.0687. The lowest BCUT2D eigenvalue weighted by atomic mass is 10.2. The zero-order valence-electron chi connectivity index (χ0n) is 22.9. The molecule has 0 saturated heterocycles. The maximum absolute atomic E-state index is 12.2. The smallest absolute Gasteiger partial charge is 0.461 e. The van der Waals surface area contributed by atoms with Gasteiger partial charge in [-0.1, -0.05) is 87.4 Å². The predicted molar refractivity (Wildman–Crippen MR) is 150 cm³/mol. The Morgan fingerprint density at radius 3 is 2.00 bits per heavy atom. The molecule has 0 saturated carbocycles. The van der Waals surface area contributed by atoms with Gasteiger partial charge in [0.2, 0.25) is 0 Å². The van der Waals surface area contributed by atoms with Gasteiger partial charge in [0, 0.05) is 6.54 Å². The lowest BCUT2D eigenvalue weighted by Gasteiger charge is -2.19. The van der Waals surface area contributed by atoms with Gasteiger partial charge in [0.15, 0.2) is 6.10 Å². The molecular formula is C28H46NO8P. The Kier molecular flexibility index (Phi) is 23.5. The van der Waals surface area contributed by atoms with Crippen LogP contribution in [0.2, 0.25) is 0 Å². The van der Waals surface area contributed by atoms with Gasteiger partial charge in [-0.25, -0.2) is 4.57 Å². The van der Waals surface area contributed by atoms with Crippen molar-refractivity contribution >= 4 is 19.8 Å². The van der Waals surface area contributed by atoms with Crippen LogP contribution in [0.4, 0.5) is 0 Å². The first kappa shape index (κ1) is 35.7. The molecule has 1 unspecified atom stereocenters. The Morgan fingerprint density at radius 2 is 1.39 bits per heavy atom. The summed E-state index contributed by atoms with van der Waals surface area (Å²) in [5.74, 6) is -1.12. The molecule has 0 aromatic rings. The van der Waals surface area contributed by atoms with Gasteiger partial charge in [0.1, 0.15) is 6.61 Å². The largest absolute Gasteiger partial charge is 0.472 e. The summed E-state index contributed by atoms with van der Waals surface area (Å²) in [6.45, 7) is 3.25. The zero-order valence-corrected chi connectivity index (χ0v) is 23.8. The number of ether oxygens (including phenoxy) is 2. The fraction of sp³-hybridized carbons (Fsp3) is 0.571. The van der Waals surface area contributed by atoms with E-state index in [1.165, 1.54) is 0 Å². The maximum atomic E-state index is 12.2. The van der Waals surface area contributed by atoms with Crippen molar-refractivity contribution in [1.82, 2.24) is 0 Å². The van der Waals surface area contributed by atoms with Crippen molar-refractivity contribution in [1.29, 1.82) is 0 Å². The monoisotopic (exact) mass is 555 g/mol. The Bertz CT molecular complexity index is 820. The molecule has 0 aliphatic rings. The highest BCUT2D eigenvalue weighted by atomic mass is 31.2. The van der Waals surface area contributed by atoms with Gasteiger partial charge >= 0.3 is 19.8 Å². The van der Waals surface area contributed by atoms with E-state index >= 15 is 0 Å². The molecule has 0 fully saturated rings. The molecule has 0 aromatic heterocycles. The molecule has 0 amide bonds. The van der Waals surface area contributed by atoms with E-state index in [1.54, 1.807) is 12.2 Å². The summed E-state index contributed by atoms with van der Waals surface area (Å²) in [5, 5.41) is 0. The van der Waals surface area contributed by atoms with Gasteiger partial charge in [-0.05, 0) is 32.1 Å². The van der Waals surface area contributed by atoms with Crippen molar-refractivity contribution < 1.29 is 37.6 Å². The van der Waals surface area contributed by atoms with Crippen molar-refractivity contribution in [3.63, 3.8) is 0 Å². The molecule has 2 atom stereocenters. The third-order valence-electron chi connectivity index (χ3n) is 4.70. The fourth-order valence-electron chi connectivity index (χ4n) is 2.76. The van der Waals surface area contributed by atoms with E-state index in [1.807, 2.05) is 30.4 Å². The van der Waals surface area contributed by atoms with Crippen LogP contribution in [-0.2, 0) is 32.7 Å². The third-order valence-corrected chi connectivity index (χ3v) is 5.69. The summed E-state index contributed by atoms with van der Waals surface area (Å²) in [4.78, 5) is 34.0. The molecule has 0 heterocycles. The van der Waals surface area contributed by atoms with Crippen molar-refractivity contribution in [3.05, 3.63) is 60.8 Å². The molecule has 0 aliphatic heterocycles. The van der Waals surface area contributed by atoms with E-state index < -0.39 is 32.5 Å². The van der Waals surface area contributed by atoms with Crippen LogP contribution < -0.4 is 5.73 Å². The lowest BCUT2D eigenvalue weighted by Crippen LogP contribution is -2.29. The second kappa shape index (κ2) is 25.0. The number of rotatable bonds is 23. The second-order valence-electron chi connectivity index (χ2n) is 8.20. The third kappa shape index (κ3) is 24.1. The summed E-state index contributed by atoms with van der Waals surface area (Å²) in [7, 11) is -4.39. The van der Waals surface area contributed by atoms with Crippen LogP contribution in [0, 0.1) is 0 Å². The van der Waals surface area contributed by atoms with Crippen LogP contribution >= 0.6 is 7.82 Å². The van der Waals surface area contributed by atoms with E-state index in [2.05, 4.69) is 36.6 Å². The van der Waals surface area contributed by atoms with E-state index in [0.29, 0.717) is 12.8 Å². The number of nitrogens with two attached hydrogens (primary N) is 1. The number of allylic oxidation sites excluding steroid dienone is 8. The molecule has 0 radical (unpaired) electrons. The van der Waals surface area contributed by atoms with Gasteiger partial charge in [-0.2, -0.15) is 0 Å². The van der Waals surface area contributed by atoms with Gasteiger partial charge in [0.05, 0.1) is 26.1 Å². The number of carbonyl (C=O) groups excluding carboxylic acids is 2. The minimum Gasteiger partial charge on any atom is -0.461 e. The van der Waals surface area contributed by atoms with Crippen LogP contribution in [0.25, 0.3) is 0 Å². The zero-order chi connectivity index (χ0) is 28.3. The number of esters is 2. The van der Waals surface area contributed by atoms with Crippen molar-refractivity contribution in [2.45, 2.75) is 77.7 Å². The highest BCUT2D eigenvalue weighted by molar-refractivity contribution is 7.47.